The Labute approximate surface area is 194 Å². The number of nitrogens with zero attached hydrogens (tertiary/aromatic N) is 2. The van der Waals surface area contributed by atoms with Gasteiger partial charge in [-0.3, -0.25) is 9.59 Å². The second-order valence-electron chi connectivity index (χ2n) is 8.52. The van der Waals surface area contributed by atoms with E-state index in [1.54, 1.807) is 13.0 Å². The molecule has 4 rings (SSSR count). The van der Waals surface area contributed by atoms with Crippen LogP contribution in [-0.2, 0) is 24.1 Å². The van der Waals surface area contributed by atoms with Crippen molar-refractivity contribution < 1.29 is 27.5 Å². The van der Waals surface area contributed by atoms with E-state index in [2.05, 4.69) is 5.32 Å². The third kappa shape index (κ3) is 4.61. The van der Waals surface area contributed by atoms with Crippen LogP contribution in [0.4, 0.5) is 13.2 Å². The fourth-order valence-corrected chi connectivity index (χ4v) is 4.69. The zero-order valence-electron chi connectivity index (χ0n) is 18.3. The summed E-state index contributed by atoms with van der Waals surface area (Å²) in [5, 5.41) is 2.35. The average molecular weight is 484 g/mol. The van der Waals surface area contributed by atoms with Crippen LogP contribution < -0.4 is 5.32 Å². The lowest BCUT2D eigenvalue weighted by Gasteiger charge is -2.24. The van der Waals surface area contributed by atoms with E-state index in [1.165, 1.54) is 12.1 Å². The van der Waals surface area contributed by atoms with Gasteiger partial charge >= 0.3 is 6.18 Å². The third-order valence-electron chi connectivity index (χ3n) is 6.33. The molecule has 1 fully saturated rings. The Balaban J connectivity index is 1.60. The summed E-state index contributed by atoms with van der Waals surface area (Å²) >= 11 is 5.70. The van der Waals surface area contributed by atoms with Gasteiger partial charge in [0, 0.05) is 19.1 Å². The van der Waals surface area contributed by atoms with Gasteiger partial charge in [-0.05, 0) is 50.5 Å². The molecule has 1 unspecified atom stereocenters. The summed E-state index contributed by atoms with van der Waals surface area (Å²) in [6.07, 6.45) is -2.72. The fourth-order valence-electron chi connectivity index (χ4n) is 4.47. The van der Waals surface area contributed by atoms with Gasteiger partial charge in [-0.25, -0.2) is 0 Å². The van der Waals surface area contributed by atoms with Gasteiger partial charge in [0.05, 0.1) is 41.1 Å². The highest BCUT2D eigenvalue weighted by Gasteiger charge is 2.35. The van der Waals surface area contributed by atoms with E-state index in [9.17, 15) is 22.8 Å². The van der Waals surface area contributed by atoms with Crippen LogP contribution in [0, 0.1) is 0 Å². The molecular formula is C23H25ClF3N3O3. The highest BCUT2D eigenvalue weighted by Crippen LogP contribution is 2.36. The SMILES string of the molecule is CC1CCCN1C(=O)c1cc(C(=O)N[C@H](C)c2ccc(Cl)c(C(F)(F)F)c2)c2n1CCOC2. The Morgan fingerprint density at radius 1 is 1.24 bits per heavy atom. The van der Waals surface area contributed by atoms with Gasteiger partial charge in [0.1, 0.15) is 5.69 Å². The van der Waals surface area contributed by atoms with Gasteiger partial charge in [0.2, 0.25) is 0 Å². The molecule has 10 heteroatoms. The highest BCUT2D eigenvalue weighted by molar-refractivity contribution is 6.31. The normalized spacial score (nSPS) is 19.3. The molecule has 0 bridgehead atoms. The summed E-state index contributed by atoms with van der Waals surface area (Å²) in [6.45, 7) is 5.34. The minimum atomic E-state index is -4.60. The molecule has 0 aliphatic carbocycles. The molecule has 33 heavy (non-hydrogen) atoms. The molecule has 1 aromatic heterocycles. The predicted molar refractivity (Wildman–Crippen MR) is 116 cm³/mol. The van der Waals surface area contributed by atoms with E-state index < -0.39 is 28.7 Å². The first-order chi connectivity index (χ1) is 15.6. The summed E-state index contributed by atoms with van der Waals surface area (Å²) in [5.41, 5.74) is 0.636. The van der Waals surface area contributed by atoms with E-state index in [4.69, 9.17) is 16.3 Å². The Morgan fingerprint density at radius 3 is 2.67 bits per heavy atom. The average Bonchev–Trinajstić information content (AvgIpc) is 3.36. The quantitative estimate of drug-likeness (QED) is 0.679. The molecule has 2 aromatic rings. The van der Waals surface area contributed by atoms with E-state index in [0.717, 1.165) is 18.9 Å². The lowest BCUT2D eigenvalue weighted by Crippen LogP contribution is -2.35. The lowest BCUT2D eigenvalue weighted by atomic mass is 10.0. The van der Waals surface area contributed by atoms with E-state index in [1.807, 2.05) is 16.4 Å². The van der Waals surface area contributed by atoms with E-state index in [-0.39, 0.29) is 24.1 Å². The number of rotatable bonds is 4. The number of halogens is 4. The Bertz CT molecular complexity index is 1080. The zero-order chi connectivity index (χ0) is 23.9. The number of ether oxygens (including phenoxy) is 1. The minimum Gasteiger partial charge on any atom is -0.373 e. The number of hydrogen-bond donors (Lipinski definition) is 1. The van der Waals surface area contributed by atoms with Crippen molar-refractivity contribution in [3.63, 3.8) is 0 Å². The van der Waals surface area contributed by atoms with Gasteiger partial charge in [-0.2, -0.15) is 13.2 Å². The van der Waals surface area contributed by atoms with Gasteiger partial charge < -0.3 is 19.5 Å². The van der Waals surface area contributed by atoms with Crippen LogP contribution in [0.25, 0.3) is 0 Å². The Hall–Kier alpha value is -2.52. The predicted octanol–water partition coefficient (Wildman–Crippen LogP) is 4.81. The number of carbonyl (C=O) groups is 2. The molecule has 0 spiro atoms. The van der Waals surface area contributed by atoms with Crippen LogP contribution in [-0.4, -0.2) is 40.5 Å². The monoisotopic (exact) mass is 483 g/mol. The van der Waals surface area contributed by atoms with Crippen molar-refractivity contribution in [2.45, 2.75) is 58.1 Å². The van der Waals surface area contributed by atoms with Crippen LogP contribution in [0.5, 0.6) is 0 Å². The molecule has 2 aliphatic heterocycles. The van der Waals surface area contributed by atoms with E-state index >= 15 is 0 Å². The third-order valence-corrected chi connectivity index (χ3v) is 6.66. The number of hydrogen-bond acceptors (Lipinski definition) is 3. The standard InChI is InChI=1S/C23H25ClF3N3O3/c1-13-4-3-7-29(13)22(32)19-11-16(20-12-33-9-8-30(19)20)21(31)28-14(2)15-5-6-18(24)17(10-15)23(25,26)27/h5-6,10-11,13-14H,3-4,7-9,12H2,1-2H3,(H,28,31)/t13?,14-/m1/s1. The van der Waals surface area contributed by atoms with Gasteiger partial charge in [0.15, 0.2) is 0 Å². The fraction of sp³-hybridized carbons (Fsp3) is 0.478. The van der Waals surface area contributed by atoms with Crippen LogP contribution >= 0.6 is 11.6 Å². The van der Waals surface area contributed by atoms with Crippen LogP contribution in [0.15, 0.2) is 24.3 Å². The summed E-state index contributed by atoms with van der Waals surface area (Å²) in [5.74, 6) is -0.600. The van der Waals surface area contributed by atoms with Crippen molar-refractivity contribution in [3.8, 4) is 0 Å². The van der Waals surface area contributed by atoms with Gasteiger partial charge in [-0.1, -0.05) is 17.7 Å². The van der Waals surface area contributed by atoms with Gasteiger partial charge in [0.25, 0.3) is 11.8 Å². The first kappa shape index (κ1) is 23.6. The molecule has 6 nitrogen and oxygen atoms in total. The molecule has 1 saturated heterocycles. The number of fused-ring (bicyclic) bond motifs is 1. The molecule has 2 aliphatic rings. The first-order valence-electron chi connectivity index (χ1n) is 10.9. The van der Waals surface area contributed by atoms with Crippen molar-refractivity contribution in [1.82, 2.24) is 14.8 Å². The van der Waals surface area contributed by atoms with Crippen molar-refractivity contribution in [2.24, 2.45) is 0 Å². The lowest BCUT2D eigenvalue weighted by molar-refractivity contribution is -0.137. The minimum absolute atomic E-state index is 0.122. The smallest absolute Gasteiger partial charge is 0.373 e. The van der Waals surface area contributed by atoms with Crippen molar-refractivity contribution in [1.29, 1.82) is 0 Å². The molecule has 2 amide bonds. The summed E-state index contributed by atoms with van der Waals surface area (Å²) in [6, 6.07) is 4.55. The number of amides is 2. The van der Waals surface area contributed by atoms with Crippen LogP contribution in [0.1, 0.15) is 70.4 Å². The molecule has 1 aromatic carbocycles. The number of alkyl halides is 3. The summed E-state index contributed by atoms with van der Waals surface area (Å²) in [4.78, 5) is 28.1. The Kier molecular flexibility index (Phi) is 6.46. The molecule has 178 valence electrons. The van der Waals surface area contributed by atoms with Crippen molar-refractivity contribution in [2.75, 3.05) is 13.2 Å². The first-order valence-corrected chi connectivity index (χ1v) is 11.2. The molecule has 3 heterocycles. The van der Waals surface area contributed by atoms with Crippen LogP contribution in [0.3, 0.4) is 0 Å². The number of aromatic nitrogens is 1. The van der Waals surface area contributed by atoms with E-state index in [0.29, 0.717) is 36.6 Å². The van der Waals surface area contributed by atoms with Crippen LogP contribution in [0.2, 0.25) is 5.02 Å². The molecule has 1 N–H and O–H groups in total. The Morgan fingerprint density at radius 2 is 2.00 bits per heavy atom. The summed E-state index contributed by atoms with van der Waals surface area (Å²) in [7, 11) is 0. The number of nitrogens with one attached hydrogen (secondary N) is 1. The second-order valence-corrected chi connectivity index (χ2v) is 8.92. The maximum atomic E-state index is 13.2. The van der Waals surface area contributed by atoms with Crippen molar-refractivity contribution >= 4 is 23.4 Å². The second kappa shape index (κ2) is 9.02. The maximum Gasteiger partial charge on any atom is 0.417 e. The molecule has 0 radical (unpaired) electrons. The number of likely N-dealkylation sites (tertiary alicyclic amines) is 1. The largest absolute Gasteiger partial charge is 0.417 e. The zero-order valence-corrected chi connectivity index (χ0v) is 19.1. The number of benzene rings is 1. The summed E-state index contributed by atoms with van der Waals surface area (Å²) < 4.78 is 47.0. The highest BCUT2D eigenvalue weighted by atomic mass is 35.5. The van der Waals surface area contributed by atoms with Gasteiger partial charge in [-0.15, -0.1) is 0 Å². The van der Waals surface area contributed by atoms with Crippen molar-refractivity contribution in [3.05, 3.63) is 57.4 Å². The molecule has 2 atom stereocenters. The maximum absolute atomic E-state index is 13.2. The number of carbonyl (C=O) groups excluding carboxylic acids is 2. The topological polar surface area (TPSA) is 63.6 Å². The molecule has 0 saturated carbocycles. The molecular weight excluding hydrogens is 459 g/mol.